The van der Waals surface area contributed by atoms with Crippen molar-refractivity contribution in [1.29, 1.82) is 0 Å². The second-order valence-electron chi connectivity index (χ2n) is 6.11. The van der Waals surface area contributed by atoms with Crippen LogP contribution in [0.25, 0.3) is 0 Å². The first-order valence-corrected chi connectivity index (χ1v) is 8.14. The normalized spacial score (nSPS) is 23.4. The van der Waals surface area contributed by atoms with E-state index in [0.29, 0.717) is 30.0 Å². The van der Waals surface area contributed by atoms with Crippen molar-refractivity contribution in [3.63, 3.8) is 0 Å². The highest BCUT2D eigenvalue weighted by molar-refractivity contribution is 6.02. The molecule has 2 aliphatic heterocycles. The number of carbonyl (C=O) groups excluding carboxylic acids is 3. The van der Waals surface area contributed by atoms with E-state index in [1.165, 1.54) is 0 Å². The summed E-state index contributed by atoms with van der Waals surface area (Å²) in [5.41, 5.74) is 1.32. The number of nitrogens with one attached hydrogen (secondary N) is 3. The summed E-state index contributed by atoms with van der Waals surface area (Å²) in [5, 5.41) is 8.37. The Morgan fingerprint density at radius 3 is 2.92 bits per heavy atom. The SMILES string of the molecule is COc1ccc2c(c1)C(C(=O)NC1CCCCNC1=O)CC(=O)N2. The molecule has 0 spiro atoms. The van der Waals surface area contributed by atoms with Gasteiger partial charge < -0.3 is 20.7 Å². The standard InChI is InChI=1S/C17H21N3O4/c1-24-10-5-6-13-11(8-10)12(9-15(21)19-13)16(22)20-14-4-2-3-7-18-17(14)23/h5-6,8,12,14H,2-4,7,9H2,1H3,(H,18,23)(H,19,21)(H,20,22). The van der Waals surface area contributed by atoms with Gasteiger partial charge in [-0.05, 0) is 43.0 Å². The Morgan fingerprint density at radius 1 is 1.29 bits per heavy atom. The van der Waals surface area contributed by atoms with E-state index < -0.39 is 12.0 Å². The van der Waals surface area contributed by atoms with Gasteiger partial charge >= 0.3 is 0 Å². The van der Waals surface area contributed by atoms with Gasteiger partial charge in [0.25, 0.3) is 0 Å². The maximum atomic E-state index is 12.7. The molecule has 3 N–H and O–H groups in total. The molecule has 1 saturated heterocycles. The highest BCUT2D eigenvalue weighted by Crippen LogP contribution is 2.35. The summed E-state index contributed by atoms with van der Waals surface area (Å²) in [4.78, 5) is 36.6. The Hall–Kier alpha value is -2.57. The lowest BCUT2D eigenvalue weighted by Crippen LogP contribution is -2.47. The summed E-state index contributed by atoms with van der Waals surface area (Å²) in [6.07, 6.45) is 2.45. The molecule has 7 nitrogen and oxygen atoms in total. The van der Waals surface area contributed by atoms with Gasteiger partial charge in [-0.1, -0.05) is 0 Å². The molecular weight excluding hydrogens is 310 g/mol. The van der Waals surface area contributed by atoms with E-state index in [2.05, 4.69) is 16.0 Å². The zero-order valence-corrected chi connectivity index (χ0v) is 13.6. The van der Waals surface area contributed by atoms with Crippen molar-refractivity contribution in [2.45, 2.75) is 37.6 Å². The molecule has 24 heavy (non-hydrogen) atoms. The number of fused-ring (bicyclic) bond motifs is 1. The molecule has 0 bridgehead atoms. The van der Waals surface area contributed by atoms with Gasteiger partial charge in [-0.2, -0.15) is 0 Å². The van der Waals surface area contributed by atoms with E-state index >= 15 is 0 Å². The number of rotatable bonds is 3. The molecule has 2 unspecified atom stereocenters. The van der Waals surface area contributed by atoms with Gasteiger partial charge in [0.2, 0.25) is 17.7 Å². The molecule has 7 heteroatoms. The van der Waals surface area contributed by atoms with Crippen LogP contribution in [0.1, 0.15) is 37.2 Å². The minimum absolute atomic E-state index is 0.0559. The minimum atomic E-state index is -0.625. The van der Waals surface area contributed by atoms with Crippen molar-refractivity contribution in [3.05, 3.63) is 23.8 Å². The number of benzene rings is 1. The molecule has 2 aliphatic rings. The van der Waals surface area contributed by atoms with Crippen LogP contribution in [0, 0.1) is 0 Å². The number of hydrogen-bond acceptors (Lipinski definition) is 4. The van der Waals surface area contributed by atoms with Crippen LogP contribution in [-0.2, 0) is 14.4 Å². The number of anilines is 1. The van der Waals surface area contributed by atoms with Gasteiger partial charge in [0, 0.05) is 18.7 Å². The third-order valence-corrected chi connectivity index (χ3v) is 4.47. The molecule has 2 atom stereocenters. The van der Waals surface area contributed by atoms with Crippen molar-refractivity contribution in [1.82, 2.24) is 10.6 Å². The third kappa shape index (κ3) is 3.34. The van der Waals surface area contributed by atoms with Crippen LogP contribution in [0.15, 0.2) is 18.2 Å². The maximum Gasteiger partial charge on any atom is 0.242 e. The number of ether oxygens (including phenoxy) is 1. The van der Waals surface area contributed by atoms with Crippen molar-refractivity contribution in [2.75, 3.05) is 19.0 Å². The highest BCUT2D eigenvalue weighted by Gasteiger charge is 2.33. The van der Waals surface area contributed by atoms with E-state index in [9.17, 15) is 14.4 Å². The van der Waals surface area contributed by atoms with Gasteiger partial charge in [0.1, 0.15) is 11.8 Å². The molecular formula is C17H21N3O4. The lowest BCUT2D eigenvalue weighted by atomic mass is 9.89. The molecule has 0 aromatic heterocycles. The average Bonchev–Trinajstić information content (AvgIpc) is 2.78. The van der Waals surface area contributed by atoms with Crippen LogP contribution in [0.4, 0.5) is 5.69 Å². The van der Waals surface area contributed by atoms with E-state index in [1.807, 2.05) is 0 Å². The van der Waals surface area contributed by atoms with Gasteiger partial charge in [-0.15, -0.1) is 0 Å². The van der Waals surface area contributed by atoms with E-state index in [0.717, 1.165) is 12.8 Å². The number of carbonyl (C=O) groups is 3. The first kappa shape index (κ1) is 16.3. The zero-order valence-electron chi connectivity index (χ0n) is 13.6. The predicted molar refractivity (Wildman–Crippen MR) is 87.8 cm³/mol. The zero-order chi connectivity index (χ0) is 17.1. The van der Waals surface area contributed by atoms with Crippen LogP contribution < -0.4 is 20.7 Å². The van der Waals surface area contributed by atoms with Crippen LogP contribution in [0.2, 0.25) is 0 Å². The van der Waals surface area contributed by atoms with Gasteiger partial charge in [0.05, 0.1) is 13.0 Å². The number of amides is 3. The summed E-state index contributed by atoms with van der Waals surface area (Å²) in [6, 6.07) is 4.67. The fraction of sp³-hybridized carbons (Fsp3) is 0.471. The van der Waals surface area contributed by atoms with Crippen LogP contribution in [0.5, 0.6) is 5.75 Å². The lowest BCUT2D eigenvalue weighted by Gasteiger charge is -2.27. The molecule has 0 radical (unpaired) electrons. The third-order valence-electron chi connectivity index (χ3n) is 4.47. The average molecular weight is 331 g/mol. The maximum absolute atomic E-state index is 12.7. The molecule has 1 aromatic rings. The van der Waals surface area contributed by atoms with Gasteiger partial charge in [0.15, 0.2) is 0 Å². The summed E-state index contributed by atoms with van der Waals surface area (Å²) in [5.74, 6) is -0.679. The Morgan fingerprint density at radius 2 is 2.12 bits per heavy atom. The molecule has 2 heterocycles. The Kier molecular flexibility index (Phi) is 4.69. The topological polar surface area (TPSA) is 96.5 Å². The van der Waals surface area contributed by atoms with Crippen molar-refractivity contribution in [3.8, 4) is 5.75 Å². The number of hydrogen-bond donors (Lipinski definition) is 3. The van der Waals surface area contributed by atoms with Crippen LogP contribution in [-0.4, -0.2) is 37.4 Å². The Labute approximate surface area is 140 Å². The molecule has 0 saturated carbocycles. The first-order valence-electron chi connectivity index (χ1n) is 8.14. The first-order chi connectivity index (χ1) is 11.6. The largest absolute Gasteiger partial charge is 0.497 e. The molecule has 1 fully saturated rings. The van der Waals surface area contributed by atoms with E-state index in [1.54, 1.807) is 25.3 Å². The second-order valence-corrected chi connectivity index (χ2v) is 6.11. The smallest absolute Gasteiger partial charge is 0.242 e. The minimum Gasteiger partial charge on any atom is -0.497 e. The van der Waals surface area contributed by atoms with Crippen molar-refractivity contribution >= 4 is 23.4 Å². The lowest BCUT2D eigenvalue weighted by molar-refractivity contribution is -0.130. The Bertz CT molecular complexity index is 674. The predicted octanol–water partition coefficient (Wildman–Crippen LogP) is 0.906. The fourth-order valence-electron chi connectivity index (χ4n) is 3.15. The van der Waals surface area contributed by atoms with Gasteiger partial charge in [-0.25, -0.2) is 0 Å². The van der Waals surface area contributed by atoms with E-state index in [-0.39, 0.29) is 24.1 Å². The summed E-state index contributed by atoms with van der Waals surface area (Å²) >= 11 is 0. The molecule has 3 rings (SSSR count). The van der Waals surface area contributed by atoms with Gasteiger partial charge in [-0.3, -0.25) is 14.4 Å². The highest BCUT2D eigenvalue weighted by atomic mass is 16.5. The summed E-state index contributed by atoms with van der Waals surface area (Å²) < 4.78 is 5.21. The second kappa shape index (κ2) is 6.90. The fourth-order valence-corrected chi connectivity index (χ4v) is 3.15. The Balaban J connectivity index is 1.82. The van der Waals surface area contributed by atoms with E-state index in [4.69, 9.17) is 4.74 Å². The molecule has 3 amide bonds. The number of methoxy groups -OCH3 is 1. The molecule has 0 aliphatic carbocycles. The van der Waals surface area contributed by atoms with Crippen LogP contribution in [0.3, 0.4) is 0 Å². The summed E-state index contributed by atoms with van der Waals surface area (Å²) in [7, 11) is 1.55. The molecule has 128 valence electrons. The van der Waals surface area contributed by atoms with Crippen molar-refractivity contribution in [2.24, 2.45) is 0 Å². The monoisotopic (exact) mass is 331 g/mol. The molecule has 1 aromatic carbocycles. The van der Waals surface area contributed by atoms with Crippen LogP contribution >= 0.6 is 0 Å². The summed E-state index contributed by atoms with van der Waals surface area (Å²) in [6.45, 7) is 0.636. The van der Waals surface area contributed by atoms with Crippen molar-refractivity contribution < 1.29 is 19.1 Å². The quantitative estimate of drug-likeness (QED) is 0.767.